The van der Waals surface area contributed by atoms with E-state index in [1.54, 1.807) is 0 Å². The zero-order valence-electron chi connectivity index (χ0n) is 10.5. The van der Waals surface area contributed by atoms with Gasteiger partial charge in [0.1, 0.15) is 10.7 Å². The largest absolute Gasteiger partial charge is 0.522 e. The number of alkyl halides is 3. The van der Waals surface area contributed by atoms with Crippen LogP contribution >= 0.6 is 0 Å². The third kappa shape index (κ3) is 7.13. The minimum atomic E-state index is -4.81. The van der Waals surface area contributed by atoms with Gasteiger partial charge in [-0.3, -0.25) is 9.73 Å². The van der Waals surface area contributed by atoms with E-state index < -0.39 is 39.2 Å². The Labute approximate surface area is 108 Å². The minimum absolute atomic E-state index is 0.608. The normalized spacial score (nSPS) is 18.3. The van der Waals surface area contributed by atoms with Gasteiger partial charge in [-0.2, -0.15) is 0 Å². The summed E-state index contributed by atoms with van der Waals surface area (Å²) in [6.07, 6.45) is -5.43. The number of hydrogen-bond acceptors (Lipinski definition) is 5. The lowest BCUT2D eigenvalue weighted by molar-refractivity contribution is -0.341. The predicted octanol–water partition coefficient (Wildman–Crippen LogP) is 1.45. The molecule has 112 valence electrons. The molecule has 0 aliphatic carbocycles. The Morgan fingerprint density at radius 3 is 2.21 bits per heavy atom. The van der Waals surface area contributed by atoms with Crippen LogP contribution in [-0.2, 0) is 14.8 Å². The van der Waals surface area contributed by atoms with Gasteiger partial charge in [0.2, 0.25) is 10.0 Å². The molecule has 0 aromatic carbocycles. The fraction of sp³-hybridized carbons (Fsp3) is 0.667. The van der Waals surface area contributed by atoms with Crippen LogP contribution in [0.25, 0.3) is 0 Å². The van der Waals surface area contributed by atoms with E-state index in [-0.39, 0.29) is 0 Å². The van der Waals surface area contributed by atoms with Gasteiger partial charge in [-0.25, -0.2) is 13.6 Å². The molecule has 0 heterocycles. The number of aliphatic hydroxyl groups is 1. The molecule has 0 rings (SSSR count). The summed E-state index contributed by atoms with van der Waals surface area (Å²) in [7, 11) is -4.20. The Balaban J connectivity index is 4.95. The van der Waals surface area contributed by atoms with Crippen LogP contribution in [0.3, 0.4) is 0 Å². The number of nitrogens with two attached hydrogens (primary N) is 1. The van der Waals surface area contributed by atoms with Crippen LogP contribution in [0.15, 0.2) is 15.7 Å². The molecule has 10 heteroatoms. The summed E-state index contributed by atoms with van der Waals surface area (Å²) >= 11 is 0. The SMILES string of the molecule is C/C(O)=C(\C=N/[C@H](C)C(C)OC(F)(F)F)S(N)(=O)=O. The van der Waals surface area contributed by atoms with E-state index in [0.717, 1.165) is 13.8 Å². The summed E-state index contributed by atoms with van der Waals surface area (Å²) in [5.41, 5.74) is 0. The maximum atomic E-state index is 11.9. The van der Waals surface area contributed by atoms with Crippen molar-refractivity contribution in [3.63, 3.8) is 0 Å². The molecule has 0 saturated carbocycles. The Morgan fingerprint density at radius 1 is 1.42 bits per heavy atom. The van der Waals surface area contributed by atoms with Gasteiger partial charge in [-0.15, -0.1) is 13.2 Å². The van der Waals surface area contributed by atoms with Crippen molar-refractivity contribution in [2.24, 2.45) is 10.1 Å². The zero-order valence-corrected chi connectivity index (χ0v) is 11.3. The molecule has 0 aliphatic rings. The highest BCUT2D eigenvalue weighted by Crippen LogP contribution is 2.21. The molecule has 2 atom stereocenters. The Bertz CT molecular complexity index is 466. The zero-order chi connectivity index (χ0) is 15.4. The van der Waals surface area contributed by atoms with Crippen LogP contribution in [0, 0.1) is 0 Å². The van der Waals surface area contributed by atoms with Gasteiger partial charge >= 0.3 is 6.36 Å². The number of hydrogen-bond donors (Lipinski definition) is 2. The van der Waals surface area contributed by atoms with Crippen molar-refractivity contribution in [3.8, 4) is 0 Å². The summed E-state index contributed by atoms with van der Waals surface area (Å²) in [5.74, 6) is -0.608. The smallest absolute Gasteiger partial charge is 0.511 e. The maximum absolute atomic E-state index is 11.9. The topological polar surface area (TPSA) is 102 Å². The van der Waals surface area contributed by atoms with E-state index in [0.29, 0.717) is 6.21 Å². The first kappa shape index (κ1) is 17.9. The molecule has 19 heavy (non-hydrogen) atoms. The standard InChI is InChI=1S/C9H15F3N2O4S/c1-5(7(3)18-9(10,11)12)14-4-8(6(2)15)19(13,16)17/h4-5,7,15H,1-3H3,(H2,13,16,17)/b8-6-,14-4-/t5-,7?/m1/s1. The van der Waals surface area contributed by atoms with Crippen LogP contribution in [0.2, 0.25) is 0 Å². The maximum Gasteiger partial charge on any atom is 0.522 e. The molecule has 6 nitrogen and oxygen atoms in total. The number of aliphatic imine (C=N–C) groups is 1. The molecule has 0 radical (unpaired) electrons. The molecule has 0 fully saturated rings. The average Bonchev–Trinajstić information content (AvgIpc) is 2.11. The van der Waals surface area contributed by atoms with Crippen LogP contribution in [0.1, 0.15) is 20.8 Å². The van der Waals surface area contributed by atoms with Gasteiger partial charge in [0.15, 0.2) is 0 Å². The van der Waals surface area contributed by atoms with E-state index in [4.69, 9.17) is 10.2 Å². The van der Waals surface area contributed by atoms with Gasteiger partial charge in [0.25, 0.3) is 0 Å². The third-order valence-corrected chi connectivity index (χ3v) is 3.10. The molecule has 0 amide bonds. The fourth-order valence-corrected chi connectivity index (χ4v) is 1.61. The molecular formula is C9H15F3N2O4S. The second-order valence-corrected chi connectivity index (χ2v) is 5.31. The van der Waals surface area contributed by atoms with E-state index in [1.807, 2.05) is 0 Å². The highest BCUT2D eigenvalue weighted by Gasteiger charge is 2.33. The number of primary sulfonamides is 1. The number of halogens is 3. The first-order valence-electron chi connectivity index (χ1n) is 5.05. The van der Waals surface area contributed by atoms with Crippen LogP contribution in [0.4, 0.5) is 13.2 Å². The Morgan fingerprint density at radius 2 is 1.89 bits per heavy atom. The van der Waals surface area contributed by atoms with Gasteiger partial charge in [0.05, 0.1) is 12.1 Å². The summed E-state index contributed by atoms with van der Waals surface area (Å²) < 4.78 is 61.6. The molecular weight excluding hydrogens is 289 g/mol. The summed E-state index contributed by atoms with van der Waals surface area (Å²) in [4.78, 5) is 2.90. The van der Waals surface area contributed by atoms with E-state index >= 15 is 0 Å². The molecule has 0 aromatic heterocycles. The lowest BCUT2D eigenvalue weighted by Gasteiger charge is -2.18. The third-order valence-electron chi connectivity index (χ3n) is 2.09. The lowest BCUT2D eigenvalue weighted by Crippen LogP contribution is -2.29. The fourth-order valence-electron chi connectivity index (χ4n) is 0.988. The van der Waals surface area contributed by atoms with Gasteiger partial charge in [0, 0.05) is 6.21 Å². The molecule has 0 spiro atoms. The summed E-state index contributed by atoms with van der Waals surface area (Å²) in [5, 5.41) is 13.9. The van der Waals surface area contributed by atoms with Crippen molar-refractivity contribution in [1.82, 2.24) is 0 Å². The van der Waals surface area contributed by atoms with Gasteiger partial charge < -0.3 is 5.11 Å². The summed E-state index contributed by atoms with van der Waals surface area (Å²) in [6, 6.07) is -0.988. The lowest BCUT2D eigenvalue weighted by atomic mass is 10.2. The molecule has 0 aromatic rings. The Kier molecular flexibility index (Phi) is 5.97. The molecule has 0 bridgehead atoms. The van der Waals surface area contributed by atoms with Crippen LogP contribution < -0.4 is 5.14 Å². The van der Waals surface area contributed by atoms with Crippen molar-refractivity contribution in [3.05, 3.63) is 10.7 Å². The number of ether oxygens (including phenoxy) is 1. The van der Waals surface area contributed by atoms with Crippen LogP contribution in [-0.4, -0.2) is 38.2 Å². The number of sulfonamides is 1. The van der Waals surface area contributed by atoms with E-state index in [1.165, 1.54) is 6.92 Å². The molecule has 1 unspecified atom stereocenters. The first-order valence-corrected chi connectivity index (χ1v) is 6.59. The molecule has 3 N–H and O–H groups in total. The minimum Gasteiger partial charge on any atom is -0.511 e. The average molecular weight is 304 g/mol. The molecule has 0 aliphatic heterocycles. The second kappa shape index (κ2) is 6.35. The highest BCUT2D eigenvalue weighted by atomic mass is 32.2. The van der Waals surface area contributed by atoms with Crippen molar-refractivity contribution >= 4 is 16.2 Å². The monoisotopic (exact) mass is 304 g/mol. The first-order chi connectivity index (χ1) is 8.34. The van der Waals surface area contributed by atoms with Crippen molar-refractivity contribution in [1.29, 1.82) is 0 Å². The van der Waals surface area contributed by atoms with Crippen LogP contribution in [0.5, 0.6) is 0 Å². The van der Waals surface area contributed by atoms with Gasteiger partial charge in [-0.05, 0) is 20.8 Å². The number of nitrogens with zero attached hydrogens (tertiary/aromatic N) is 1. The van der Waals surface area contributed by atoms with Crippen molar-refractivity contribution in [2.45, 2.75) is 39.3 Å². The van der Waals surface area contributed by atoms with E-state index in [2.05, 4.69) is 9.73 Å². The Hall–Kier alpha value is -1.13. The quantitative estimate of drug-likeness (QED) is 0.592. The van der Waals surface area contributed by atoms with E-state index in [9.17, 15) is 21.6 Å². The number of aliphatic hydroxyl groups excluding tert-OH is 1. The predicted molar refractivity (Wildman–Crippen MR) is 63.0 cm³/mol. The highest BCUT2D eigenvalue weighted by molar-refractivity contribution is 7.94. The number of rotatable bonds is 5. The van der Waals surface area contributed by atoms with Crippen molar-refractivity contribution in [2.75, 3.05) is 0 Å². The second-order valence-electron chi connectivity index (χ2n) is 3.78. The van der Waals surface area contributed by atoms with Crippen molar-refractivity contribution < 1.29 is 31.4 Å². The summed E-state index contributed by atoms with van der Waals surface area (Å²) in [6.45, 7) is 3.48. The molecule has 0 saturated heterocycles. The number of allylic oxidation sites excluding steroid dienone is 2. The van der Waals surface area contributed by atoms with Gasteiger partial charge in [-0.1, -0.05) is 0 Å².